The molecule has 0 amide bonds. The van der Waals surface area contributed by atoms with E-state index in [0.717, 1.165) is 43.3 Å². The van der Waals surface area contributed by atoms with E-state index in [9.17, 15) is 5.11 Å². The number of rotatable bonds is 0. The van der Waals surface area contributed by atoms with Crippen LogP contribution in [-0.4, -0.2) is 23.9 Å². The van der Waals surface area contributed by atoms with Crippen LogP contribution in [0.4, 0.5) is 0 Å². The normalized spacial score (nSPS) is 60.0. The maximum Gasteiger partial charge on any atom is 0.0675 e. The van der Waals surface area contributed by atoms with Crippen LogP contribution < -0.4 is 0 Å². The molecule has 7 unspecified atom stereocenters. The van der Waals surface area contributed by atoms with Gasteiger partial charge >= 0.3 is 0 Å². The summed E-state index contributed by atoms with van der Waals surface area (Å²) in [6.45, 7) is 8.96. The average molecular weight is 292 g/mol. The highest BCUT2D eigenvalue weighted by Crippen LogP contribution is 2.66. The second-order valence-corrected chi connectivity index (χ2v) is 9.27. The van der Waals surface area contributed by atoms with Crippen LogP contribution in [-0.2, 0) is 4.74 Å². The third-order valence-corrected chi connectivity index (χ3v) is 8.65. The molecule has 4 fully saturated rings. The van der Waals surface area contributed by atoms with Gasteiger partial charge in [0.1, 0.15) is 0 Å². The average Bonchev–Trinajstić information content (AvgIpc) is 2.69. The van der Waals surface area contributed by atoms with Crippen LogP contribution in [0.2, 0.25) is 0 Å². The van der Waals surface area contributed by atoms with Crippen LogP contribution in [0.25, 0.3) is 0 Å². The first-order valence-corrected chi connectivity index (χ1v) is 9.19. The van der Waals surface area contributed by atoms with Crippen molar-refractivity contribution in [2.45, 2.75) is 71.3 Å². The summed E-state index contributed by atoms with van der Waals surface area (Å²) in [5.74, 6) is 3.30. The highest BCUT2D eigenvalue weighted by atomic mass is 16.5. The fourth-order valence-corrected chi connectivity index (χ4v) is 7.00. The Kier molecular flexibility index (Phi) is 3.09. The molecule has 0 aromatic rings. The van der Waals surface area contributed by atoms with Gasteiger partial charge in [-0.05, 0) is 86.4 Å². The third-order valence-electron chi connectivity index (χ3n) is 8.65. The maximum absolute atomic E-state index is 10.9. The predicted octanol–water partition coefficient (Wildman–Crippen LogP) is 4.02. The van der Waals surface area contributed by atoms with Crippen molar-refractivity contribution in [2.24, 2.45) is 34.5 Å². The van der Waals surface area contributed by atoms with Gasteiger partial charge in [0.25, 0.3) is 0 Å². The molecular formula is C19H32O2. The van der Waals surface area contributed by atoms with E-state index in [1.807, 2.05) is 0 Å². The van der Waals surface area contributed by atoms with Gasteiger partial charge < -0.3 is 9.84 Å². The molecular weight excluding hydrogens is 260 g/mol. The van der Waals surface area contributed by atoms with E-state index in [-0.39, 0.29) is 5.41 Å². The molecule has 120 valence electrons. The van der Waals surface area contributed by atoms with Crippen molar-refractivity contribution in [1.82, 2.24) is 0 Å². The summed E-state index contributed by atoms with van der Waals surface area (Å²) < 4.78 is 5.92. The van der Waals surface area contributed by atoms with Crippen molar-refractivity contribution in [3.63, 3.8) is 0 Å². The smallest absolute Gasteiger partial charge is 0.0675 e. The Bertz CT molecular complexity index is 431. The summed E-state index contributed by atoms with van der Waals surface area (Å²) in [6, 6.07) is 0. The Morgan fingerprint density at radius 3 is 2.48 bits per heavy atom. The molecule has 2 nitrogen and oxygen atoms in total. The second-order valence-electron chi connectivity index (χ2n) is 9.27. The molecule has 4 aliphatic rings. The van der Waals surface area contributed by atoms with Crippen LogP contribution in [0.15, 0.2) is 0 Å². The molecule has 0 bridgehead atoms. The van der Waals surface area contributed by atoms with Crippen molar-refractivity contribution in [3.8, 4) is 0 Å². The van der Waals surface area contributed by atoms with Gasteiger partial charge in [-0.2, -0.15) is 0 Å². The van der Waals surface area contributed by atoms with Gasteiger partial charge in [0.2, 0.25) is 0 Å². The van der Waals surface area contributed by atoms with Gasteiger partial charge in [0, 0.05) is 6.61 Å². The first kappa shape index (κ1) is 14.5. The SMILES string of the molecule is CC12COCCC1CCC1C2CCC2(C)C1CCC2(C)O. The van der Waals surface area contributed by atoms with Crippen molar-refractivity contribution >= 4 is 0 Å². The zero-order valence-electron chi connectivity index (χ0n) is 14.0. The monoisotopic (exact) mass is 292 g/mol. The van der Waals surface area contributed by atoms with Crippen LogP contribution in [0.1, 0.15) is 65.7 Å². The summed E-state index contributed by atoms with van der Waals surface area (Å²) >= 11 is 0. The molecule has 1 N–H and O–H groups in total. The number of hydrogen-bond acceptors (Lipinski definition) is 2. The molecule has 0 spiro atoms. The predicted molar refractivity (Wildman–Crippen MR) is 83.9 cm³/mol. The van der Waals surface area contributed by atoms with E-state index < -0.39 is 5.60 Å². The number of aliphatic hydroxyl groups is 1. The Labute approximate surface area is 129 Å². The molecule has 21 heavy (non-hydrogen) atoms. The summed E-state index contributed by atoms with van der Waals surface area (Å²) in [5, 5.41) is 10.9. The molecule has 0 radical (unpaired) electrons. The Hall–Kier alpha value is -0.0800. The zero-order valence-corrected chi connectivity index (χ0v) is 14.0. The van der Waals surface area contributed by atoms with Gasteiger partial charge in [-0.3, -0.25) is 0 Å². The standard InChI is InChI=1S/C19H32O2/c1-17-12-21-11-8-13(17)4-5-14-15(17)6-9-18(2)16(14)7-10-19(18,3)20/h13-16,20H,4-12H2,1-3H3. The molecule has 0 aromatic heterocycles. The molecule has 1 saturated heterocycles. The van der Waals surface area contributed by atoms with E-state index in [2.05, 4.69) is 20.8 Å². The summed E-state index contributed by atoms with van der Waals surface area (Å²) in [7, 11) is 0. The van der Waals surface area contributed by atoms with Gasteiger partial charge in [-0.1, -0.05) is 13.8 Å². The Balaban J connectivity index is 1.66. The summed E-state index contributed by atoms with van der Waals surface area (Å²) in [5.41, 5.74) is 0.132. The van der Waals surface area contributed by atoms with E-state index >= 15 is 0 Å². The molecule has 3 saturated carbocycles. The maximum atomic E-state index is 10.9. The number of hydrogen-bond donors (Lipinski definition) is 1. The molecule has 7 atom stereocenters. The highest BCUT2D eigenvalue weighted by Gasteiger charge is 2.63. The highest BCUT2D eigenvalue weighted by molar-refractivity contribution is 5.12. The van der Waals surface area contributed by atoms with Gasteiger partial charge in [0.15, 0.2) is 0 Å². The minimum atomic E-state index is -0.441. The van der Waals surface area contributed by atoms with Crippen LogP contribution in [0.3, 0.4) is 0 Å². The molecule has 1 heterocycles. The third kappa shape index (κ3) is 1.78. The van der Waals surface area contributed by atoms with Gasteiger partial charge in [-0.15, -0.1) is 0 Å². The van der Waals surface area contributed by atoms with Crippen LogP contribution >= 0.6 is 0 Å². The lowest BCUT2D eigenvalue weighted by molar-refractivity contribution is -0.171. The minimum absolute atomic E-state index is 0.160. The van der Waals surface area contributed by atoms with Crippen LogP contribution in [0, 0.1) is 34.5 Å². The van der Waals surface area contributed by atoms with Crippen molar-refractivity contribution in [1.29, 1.82) is 0 Å². The first-order valence-electron chi connectivity index (χ1n) is 9.19. The van der Waals surface area contributed by atoms with Crippen molar-refractivity contribution in [3.05, 3.63) is 0 Å². The topological polar surface area (TPSA) is 29.5 Å². The summed E-state index contributed by atoms with van der Waals surface area (Å²) in [4.78, 5) is 0. The fraction of sp³-hybridized carbons (Fsp3) is 1.00. The van der Waals surface area contributed by atoms with Crippen LogP contribution in [0.5, 0.6) is 0 Å². The minimum Gasteiger partial charge on any atom is -0.390 e. The lowest BCUT2D eigenvalue weighted by atomic mass is 9.46. The van der Waals surface area contributed by atoms with Crippen molar-refractivity contribution in [2.75, 3.05) is 13.2 Å². The van der Waals surface area contributed by atoms with Gasteiger partial charge in [-0.25, -0.2) is 0 Å². The summed E-state index contributed by atoms with van der Waals surface area (Å²) in [6.07, 6.45) is 8.86. The Morgan fingerprint density at radius 1 is 0.905 bits per heavy atom. The van der Waals surface area contributed by atoms with E-state index in [1.54, 1.807) is 0 Å². The number of fused-ring (bicyclic) bond motifs is 5. The molecule has 0 aromatic carbocycles. The van der Waals surface area contributed by atoms with E-state index in [4.69, 9.17) is 4.74 Å². The quantitative estimate of drug-likeness (QED) is 0.731. The van der Waals surface area contributed by atoms with Crippen molar-refractivity contribution < 1.29 is 9.84 Å². The lowest BCUT2D eigenvalue weighted by Crippen LogP contribution is -2.57. The van der Waals surface area contributed by atoms with E-state index in [0.29, 0.717) is 5.41 Å². The molecule has 1 aliphatic heterocycles. The number of ether oxygens (including phenoxy) is 1. The zero-order chi connectivity index (χ0) is 14.9. The Morgan fingerprint density at radius 2 is 1.67 bits per heavy atom. The van der Waals surface area contributed by atoms with E-state index in [1.165, 1.54) is 38.5 Å². The molecule has 3 aliphatic carbocycles. The first-order chi connectivity index (χ1) is 9.88. The largest absolute Gasteiger partial charge is 0.390 e. The molecule has 2 heteroatoms. The second kappa shape index (κ2) is 4.47. The fourth-order valence-electron chi connectivity index (χ4n) is 7.00. The van der Waals surface area contributed by atoms with Gasteiger partial charge in [0.05, 0.1) is 12.2 Å². The lowest BCUT2D eigenvalue weighted by Gasteiger charge is -2.60. The molecule has 4 rings (SSSR count).